The van der Waals surface area contributed by atoms with Crippen LogP contribution in [0.1, 0.15) is 39.4 Å². The minimum absolute atomic E-state index is 0.0609. The first-order valence-electron chi connectivity index (χ1n) is 6.13. The Labute approximate surface area is 109 Å². The fraction of sp³-hybridized carbons (Fsp3) is 0.533. The van der Waals surface area contributed by atoms with Crippen molar-refractivity contribution in [1.82, 2.24) is 0 Å². The van der Waals surface area contributed by atoms with Gasteiger partial charge in [-0.15, -0.1) is 0 Å². The summed E-state index contributed by atoms with van der Waals surface area (Å²) < 4.78 is 5.06. The highest BCUT2D eigenvalue weighted by molar-refractivity contribution is 5.86. The SMILES string of the molecule is COc1ccc(C(O)C(C)C(=O)C(C)(C)C)cc1. The summed E-state index contributed by atoms with van der Waals surface area (Å²) in [5, 5.41) is 10.2. The Bertz CT molecular complexity index is 401. The van der Waals surface area contributed by atoms with Gasteiger partial charge in [-0.1, -0.05) is 39.8 Å². The Hall–Kier alpha value is -1.35. The van der Waals surface area contributed by atoms with Crippen LogP contribution >= 0.6 is 0 Å². The molecule has 100 valence electrons. The van der Waals surface area contributed by atoms with E-state index in [1.165, 1.54) is 0 Å². The molecule has 1 aromatic carbocycles. The summed E-state index contributed by atoms with van der Waals surface area (Å²) >= 11 is 0. The Morgan fingerprint density at radius 1 is 1.22 bits per heavy atom. The highest BCUT2D eigenvalue weighted by Crippen LogP contribution is 2.30. The van der Waals surface area contributed by atoms with Gasteiger partial charge in [-0.3, -0.25) is 4.79 Å². The van der Waals surface area contributed by atoms with Crippen LogP contribution in [0.25, 0.3) is 0 Å². The van der Waals surface area contributed by atoms with E-state index in [9.17, 15) is 9.90 Å². The van der Waals surface area contributed by atoms with Crippen LogP contribution in [-0.4, -0.2) is 18.0 Å². The zero-order valence-corrected chi connectivity index (χ0v) is 11.7. The van der Waals surface area contributed by atoms with Gasteiger partial charge in [-0.2, -0.15) is 0 Å². The first-order chi connectivity index (χ1) is 8.27. The maximum absolute atomic E-state index is 12.1. The minimum Gasteiger partial charge on any atom is -0.497 e. The number of Topliss-reactive ketones (excluding diaryl/α,β-unsaturated/α-hetero) is 1. The number of methoxy groups -OCH3 is 1. The van der Waals surface area contributed by atoms with Crippen LogP contribution in [0.5, 0.6) is 5.75 Å². The third-order valence-corrected chi connectivity index (χ3v) is 3.08. The van der Waals surface area contributed by atoms with Crippen LogP contribution in [0.3, 0.4) is 0 Å². The molecule has 0 aromatic heterocycles. The Morgan fingerprint density at radius 2 is 1.72 bits per heavy atom. The molecule has 0 aliphatic heterocycles. The summed E-state index contributed by atoms with van der Waals surface area (Å²) in [4.78, 5) is 12.1. The van der Waals surface area contributed by atoms with Crippen LogP contribution in [0, 0.1) is 11.3 Å². The van der Waals surface area contributed by atoms with Gasteiger partial charge >= 0.3 is 0 Å². The molecule has 0 saturated carbocycles. The van der Waals surface area contributed by atoms with Gasteiger partial charge < -0.3 is 9.84 Å². The summed E-state index contributed by atoms with van der Waals surface area (Å²) in [6, 6.07) is 7.14. The van der Waals surface area contributed by atoms with E-state index in [-0.39, 0.29) is 5.78 Å². The number of aliphatic hydroxyl groups excluding tert-OH is 1. The van der Waals surface area contributed by atoms with Gasteiger partial charge in [0.25, 0.3) is 0 Å². The van der Waals surface area contributed by atoms with Crippen molar-refractivity contribution in [1.29, 1.82) is 0 Å². The average molecular weight is 250 g/mol. The number of aliphatic hydroxyl groups is 1. The maximum Gasteiger partial charge on any atom is 0.143 e. The van der Waals surface area contributed by atoms with Gasteiger partial charge in [-0.25, -0.2) is 0 Å². The zero-order chi connectivity index (χ0) is 13.9. The van der Waals surface area contributed by atoms with Gasteiger partial charge in [0.05, 0.1) is 13.2 Å². The summed E-state index contributed by atoms with van der Waals surface area (Å²) in [7, 11) is 1.59. The molecule has 0 aliphatic carbocycles. The largest absolute Gasteiger partial charge is 0.497 e. The topological polar surface area (TPSA) is 46.5 Å². The fourth-order valence-electron chi connectivity index (χ4n) is 1.92. The average Bonchev–Trinajstić information content (AvgIpc) is 2.35. The second kappa shape index (κ2) is 5.53. The van der Waals surface area contributed by atoms with Gasteiger partial charge in [0, 0.05) is 11.3 Å². The van der Waals surface area contributed by atoms with Crippen molar-refractivity contribution in [3.05, 3.63) is 29.8 Å². The van der Waals surface area contributed by atoms with Crippen LogP contribution < -0.4 is 4.74 Å². The third kappa shape index (κ3) is 3.33. The smallest absolute Gasteiger partial charge is 0.143 e. The summed E-state index contributed by atoms with van der Waals surface area (Å²) in [6.07, 6.45) is -0.775. The second-order valence-corrected chi connectivity index (χ2v) is 5.62. The molecule has 0 spiro atoms. The molecule has 1 N–H and O–H groups in total. The van der Waals surface area contributed by atoms with E-state index in [0.717, 1.165) is 11.3 Å². The number of rotatable bonds is 4. The number of hydrogen-bond acceptors (Lipinski definition) is 3. The maximum atomic E-state index is 12.1. The summed E-state index contributed by atoms with van der Waals surface area (Å²) in [5.74, 6) is 0.380. The number of ether oxygens (including phenoxy) is 1. The van der Waals surface area contributed by atoms with Crippen molar-refractivity contribution >= 4 is 5.78 Å². The lowest BCUT2D eigenvalue weighted by molar-refractivity contribution is -0.133. The fourth-order valence-corrected chi connectivity index (χ4v) is 1.92. The molecule has 2 atom stereocenters. The molecular weight excluding hydrogens is 228 g/mol. The van der Waals surface area contributed by atoms with Crippen molar-refractivity contribution < 1.29 is 14.6 Å². The number of ketones is 1. The predicted molar refractivity (Wildman–Crippen MR) is 71.6 cm³/mol. The lowest BCUT2D eigenvalue weighted by Crippen LogP contribution is -2.30. The van der Waals surface area contributed by atoms with Crippen molar-refractivity contribution in [3.8, 4) is 5.75 Å². The number of benzene rings is 1. The Kier molecular flexibility index (Phi) is 4.52. The molecule has 0 radical (unpaired) electrons. The van der Waals surface area contributed by atoms with Gasteiger partial charge in [0.1, 0.15) is 11.5 Å². The molecule has 0 saturated heterocycles. The highest BCUT2D eigenvalue weighted by atomic mass is 16.5. The molecule has 1 aromatic rings. The highest BCUT2D eigenvalue weighted by Gasteiger charge is 2.31. The molecule has 2 unspecified atom stereocenters. The Morgan fingerprint density at radius 3 is 2.11 bits per heavy atom. The molecule has 0 bridgehead atoms. The first-order valence-corrected chi connectivity index (χ1v) is 6.13. The van der Waals surface area contributed by atoms with E-state index >= 15 is 0 Å². The standard InChI is InChI=1S/C15H22O3/c1-10(14(17)15(2,3)4)13(16)11-6-8-12(18-5)9-7-11/h6-10,13,16H,1-5H3. The van der Waals surface area contributed by atoms with Crippen LogP contribution in [-0.2, 0) is 4.79 Å². The molecule has 0 heterocycles. The quantitative estimate of drug-likeness (QED) is 0.893. The second-order valence-electron chi connectivity index (χ2n) is 5.62. The van der Waals surface area contributed by atoms with E-state index in [0.29, 0.717) is 0 Å². The molecular formula is C15H22O3. The van der Waals surface area contributed by atoms with E-state index in [1.54, 1.807) is 38.3 Å². The van der Waals surface area contributed by atoms with Crippen LogP contribution in [0.4, 0.5) is 0 Å². The summed E-state index contributed by atoms with van der Waals surface area (Å²) in [5.41, 5.74) is 0.299. The van der Waals surface area contributed by atoms with Crippen molar-refractivity contribution in [2.75, 3.05) is 7.11 Å². The van der Waals surface area contributed by atoms with Gasteiger partial charge in [0.15, 0.2) is 0 Å². The molecule has 0 amide bonds. The third-order valence-electron chi connectivity index (χ3n) is 3.08. The molecule has 0 aliphatic rings. The minimum atomic E-state index is -0.775. The normalized spacial score (nSPS) is 15.0. The lowest BCUT2D eigenvalue weighted by atomic mass is 9.80. The molecule has 0 fully saturated rings. The number of hydrogen-bond donors (Lipinski definition) is 1. The van der Waals surface area contributed by atoms with E-state index < -0.39 is 17.4 Å². The van der Waals surface area contributed by atoms with Crippen molar-refractivity contribution in [2.24, 2.45) is 11.3 Å². The van der Waals surface area contributed by atoms with E-state index in [2.05, 4.69) is 0 Å². The lowest BCUT2D eigenvalue weighted by Gasteiger charge is -2.25. The van der Waals surface area contributed by atoms with Crippen LogP contribution in [0.2, 0.25) is 0 Å². The molecule has 3 heteroatoms. The predicted octanol–water partition coefficient (Wildman–Crippen LogP) is 2.98. The van der Waals surface area contributed by atoms with Crippen LogP contribution in [0.15, 0.2) is 24.3 Å². The zero-order valence-electron chi connectivity index (χ0n) is 11.7. The van der Waals surface area contributed by atoms with Gasteiger partial charge in [0.2, 0.25) is 0 Å². The Balaban J connectivity index is 2.86. The van der Waals surface area contributed by atoms with Crippen molar-refractivity contribution in [3.63, 3.8) is 0 Å². The number of carbonyl (C=O) groups is 1. The first kappa shape index (κ1) is 14.7. The number of carbonyl (C=O) groups excluding carboxylic acids is 1. The van der Waals surface area contributed by atoms with Crippen molar-refractivity contribution in [2.45, 2.75) is 33.8 Å². The van der Waals surface area contributed by atoms with Gasteiger partial charge in [-0.05, 0) is 17.7 Å². The summed E-state index contributed by atoms with van der Waals surface area (Å²) in [6.45, 7) is 7.37. The molecule has 1 rings (SSSR count). The van der Waals surface area contributed by atoms with E-state index in [4.69, 9.17) is 4.74 Å². The molecule has 3 nitrogen and oxygen atoms in total. The van der Waals surface area contributed by atoms with E-state index in [1.807, 2.05) is 20.8 Å². The monoisotopic (exact) mass is 250 g/mol. The molecule has 18 heavy (non-hydrogen) atoms.